The number of rotatable bonds is 6. The molecule has 0 unspecified atom stereocenters. The van der Waals surface area contributed by atoms with E-state index in [2.05, 4.69) is 10.5 Å². The predicted octanol–water partition coefficient (Wildman–Crippen LogP) is 2.46. The second-order valence-corrected chi connectivity index (χ2v) is 3.83. The summed E-state index contributed by atoms with van der Waals surface area (Å²) in [6.07, 6.45) is 1.73. The maximum Gasteiger partial charge on any atom is 0.340 e. The van der Waals surface area contributed by atoms with E-state index in [1.165, 1.54) is 0 Å². The third-order valence-corrected chi connectivity index (χ3v) is 2.38. The molecule has 20 heavy (non-hydrogen) atoms. The van der Waals surface area contributed by atoms with Gasteiger partial charge in [0.15, 0.2) is 0 Å². The Morgan fingerprint density at radius 3 is 2.70 bits per heavy atom. The highest BCUT2D eigenvalue weighted by Crippen LogP contribution is 2.16. The molecule has 1 N–H and O–H groups in total. The molecule has 102 valence electrons. The van der Waals surface area contributed by atoms with Gasteiger partial charge in [0, 0.05) is 0 Å². The standard InChI is InChI=1S/C14H14N4O2/c1-2-3-8-20-14(19)12-6-4-5-7-13(12)18-17-11(9-15)10-16/h4-7,18H,2-3,8H2,1H3. The summed E-state index contributed by atoms with van der Waals surface area (Å²) in [7, 11) is 0. The summed E-state index contributed by atoms with van der Waals surface area (Å²) in [5.41, 5.74) is 2.90. The molecule has 0 atom stereocenters. The molecule has 6 heteroatoms. The van der Waals surface area contributed by atoms with Gasteiger partial charge in [-0.1, -0.05) is 25.5 Å². The quantitative estimate of drug-likeness (QED) is 0.370. The highest BCUT2D eigenvalue weighted by Gasteiger charge is 2.11. The van der Waals surface area contributed by atoms with Crippen molar-refractivity contribution in [3.8, 4) is 12.1 Å². The number of esters is 1. The Labute approximate surface area is 117 Å². The van der Waals surface area contributed by atoms with Crippen LogP contribution in [0.1, 0.15) is 30.1 Å². The molecule has 0 aliphatic carbocycles. The monoisotopic (exact) mass is 270 g/mol. The zero-order chi connectivity index (χ0) is 14.8. The number of ether oxygens (including phenoxy) is 1. The number of nitriles is 2. The number of unbranched alkanes of at least 4 members (excludes halogenated alkanes) is 1. The molecular formula is C14H14N4O2. The molecular weight excluding hydrogens is 256 g/mol. The van der Waals surface area contributed by atoms with Gasteiger partial charge >= 0.3 is 5.97 Å². The number of hydrogen-bond donors (Lipinski definition) is 1. The van der Waals surface area contributed by atoms with Crippen molar-refractivity contribution in [1.82, 2.24) is 0 Å². The van der Waals surface area contributed by atoms with Crippen LogP contribution in [0.15, 0.2) is 29.4 Å². The summed E-state index contributed by atoms with van der Waals surface area (Å²) in [5.74, 6) is -0.466. The minimum Gasteiger partial charge on any atom is -0.462 e. The first kappa shape index (κ1) is 15.2. The Balaban J connectivity index is 2.84. The molecule has 0 aromatic heterocycles. The molecule has 0 aliphatic rings. The third-order valence-electron chi connectivity index (χ3n) is 2.38. The van der Waals surface area contributed by atoms with Crippen LogP contribution in [0.2, 0.25) is 0 Å². The average molecular weight is 270 g/mol. The van der Waals surface area contributed by atoms with Crippen LogP contribution in [0, 0.1) is 22.7 Å². The van der Waals surface area contributed by atoms with Crippen LogP contribution in [0.5, 0.6) is 0 Å². The molecule has 0 radical (unpaired) electrons. The van der Waals surface area contributed by atoms with Crippen LogP contribution in [0.4, 0.5) is 5.69 Å². The average Bonchev–Trinajstić information content (AvgIpc) is 2.49. The molecule has 0 aliphatic heterocycles. The molecule has 0 amide bonds. The van der Waals surface area contributed by atoms with Crippen molar-refractivity contribution < 1.29 is 9.53 Å². The highest BCUT2D eigenvalue weighted by atomic mass is 16.5. The maximum absolute atomic E-state index is 11.9. The minimum atomic E-state index is -0.466. The normalized spacial score (nSPS) is 8.95. The Morgan fingerprint density at radius 1 is 1.35 bits per heavy atom. The zero-order valence-electron chi connectivity index (χ0n) is 11.1. The Hall–Kier alpha value is -2.86. The number of nitrogens with zero attached hydrogens (tertiary/aromatic N) is 3. The molecule has 0 saturated heterocycles. The lowest BCUT2D eigenvalue weighted by Gasteiger charge is -2.08. The van der Waals surface area contributed by atoms with E-state index < -0.39 is 5.97 Å². The Kier molecular flexibility index (Phi) is 6.29. The number of anilines is 1. The lowest BCUT2D eigenvalue weighted by molar-refractivity contribution is 0.0501. The molecule has 1 aromatic carbocycles. The molecule has 0 saturated carbocycles. The topological polar surface area (TPSA) is 98.3 Å². The van der Waals surface area contributed by atoms with Crippen LogP contribution >= 0.6 is 0 Å². The smallest absolute Gasteiger partial charge is 0.340 e. The first-order chi connectivity index (χ1) is 9.72. The lowest BCUT2D eigenvalue weighted by Crippen LogP contribution is -2.09. The summed E-state index contributed by atoms with van der Waals surface area (Å²) in [4.78, 5) is 11.9. The third kappa shape index (κ3) is 4.43. The molecule has 0 spiro atoms. The Bertz CT molecular complexity index is 566. The van der Waals surface area contributed by atoms with Gasteiger partial charge in [-0.3, -0.25) is 5.43 Å². The second-order valence-electron chi connectivity index (χ2n) is 3.83. The number of carbonyl (C=O) groups is 1. The number of carbonyl (C=O) groups excluding carboxylic acids is 1. The van der Waals surface area contributed by atoms with E-state index in [0.717, 1.165) is 12.8 Å². The van der Waals surface area contributed by atoms with Gasteiger partial charge in [-0.25, -0.2) is 4.79 Å². The molecule has 0 fully saturated rings. The molecule has 1 rings (SSSR count). The van der Waals surface area contributed by atoms with Crippen LogP contribution in [-0.4, -0.2) is 18.3 Å². The summed E-state index contributed by atoms with van der Waals surface area (Å²) in [6.45, 7) is 2.36. The fraction of sp³-hybridized carbons (Fsp3) is 0.286. The fourth-order valence-electron chi connectivity index (χ4n) is 1.34. The molecule has 0 heterocycles. The van der Waals surface area contributed by atoms with E-state index in [4.69, 9.17) is 15.3 Å². The van der Waals surface area contributed by atoms with E-state index in [1.54, 1.807) is 36.4 Å². The molecule has 1 aromatic rings. The van der Waals surface area contributed by atoms with Crippen molar-refractivity contribution in [2.45, 2.75) is 19.8 Å². The van der Waals surface area contributed by atoms with Gasteiger partial charge in [-0.2, -0.15) is 15.6 Å². The van der Waals surface area contributed by atoms with Crippen molar-refractivity contribution in [2.24, 2.45) is 5.10 Å². The van der Waals surface area contributed by atoms with Crippen LogP contribution < -0.4 is 5.43 Å². The number of hydrazone groups is 1. The van der Waals surface area contributed by atoms with Gasteiger partial charge in [-0.05, 0) is 18.6 Å². The van der Waals surface area contributed by atoms with Crippen molar-refractivity contribution in [2.75, 3.05) is 12.0 Å². The first-order valence-corrected chi connectivity index (χ1v) is 6.13. The number of para-hydroxylation sites is 1. The van der Waals surface area contributed by atoms with E-state index in [9.17, 15) is 4.79 Å². The van der Waals surface area contributed by atoms with Gasteiger partial charge in [0.25, 0.3) is 0 Å². The summed E-state index contributed by atoms with van der Waals surface area (Å²) < 4.78 is 5.11. The van der Waals surface area contributed by atoms with E-state index in [-0.39, 0.29) is 5.71 Å². The molecule has 6 nitrogen and oxygen atoms in total. The van der Waals surface area contributed by atoms with Crippen molar-refractivity contribution in [1.29, 1.82) is 10.5 Å². The summed E-state index contributed by atoms with van der Waals surface area (Å²) in [5, 5.41) is 20.8. The van der Waals surface area contributed by atoms with Crippen LogP contribution in [-0.2, 0) is 4.74 Å². The minimum absolute atomic E-state index is 0.308. The van der Waals surface area contributed by atoms with E-state index in [0.29, 0.717) is 17.9 Å². The summed E-state index contributed by atoms with van der Waals surface area (Å²) in [6, 6.07) is 9.85. The second kappa shape index (κ2) is 8.28. The molecule has 0 bridgehead atoms. The maximum atomic E-state index is 11.9. The Morgan fingerprint density at radius 2 is 2.05 bits per heavy atom. The zero-order valence-corrected chi connectivity index (χ0v) is 11.1. The van der Waals surface area contributed by atoms with Crippen molar-refractivity contribution in [3.63, 3.8) is 0 Å². The van der Waals surface area contributed by atoms with Crippen LogP contribution in [0.3, 0.4) is 0 Å². The fourth-order valence-corrected chi connectivity index (χ4v) is 1.34. The largest absolute Gasteiger partial charge is 0.462 e. The van der Waals surface area contributed by atoms with E-state index in [1.807, 2.05) is 6.92 Å². The van der Waals surface area contributed by atoms with Crippen molar-refractivity contribution in [3.05, 3.63) is 29.8 Å². The number of nitrogens with one attached hydrogen (secondary N) is 1. The van der Waals surface area contributed by atoms with E-state index >= 15 is 0 Å². The predicted molar refractivity (Wildman–Crippen MR) is 73.9 cm³/mol. The van der Waals surface area contributed by atoms with Gasteiger partial charge in [-0.15, -0.1) is 0 Å². The van der Waals surface area contributed by atoms with Gasteiger partial charge in [0.2, 0.25) is 5.71 Å². The van der Waals surface area contributed by atoms with Gasteiger partial charge in [0.1, 0.15) is 12.1 Å². The van der Waals surface area contributed by atoms with Crippen LogP contribution in [0.25, 0.3) is 0 Å². The van der Waals surface area contributed by atoms with Gasteiger partial charge < -0.3 is 4.74 Å². The van der Waals surface area contributed by atoms with Gasteiger partial charge in [0.05, 0.1) is 17.9 Å². The lowest BCUT2D eigenvalue weighted by atomic mass is 10.2. The SMILES string of the molecule is CCCCOC(=O)c1ccccc1NN=C(C#N)C#N. The summed E-state index contributed by atoms with van der Waals surface area (Å²) >= 11 is 0. The van der Waals surface area contributed by atoms with Crippen molar-refractivity contribution >= 4 is 17.4 Å². The number of benzene rings is 1. The number of hydrogen-bond acceptors (Lipinski definition) is 6. The highest BCUT2D eigenvalue weighted by molar-refractivity contribution is 6.10. The first-order valence-electron chi connectivity index (χ1n) is 6.13.